The van der Waals surface area contributed by atoms with Crippen molar-refractivity contribution in [3.05, 3.63) is 37.1 Å². The Balaban J connectivity index is 2.18. The predicted octanol–water partition coefficient (Wildman–Crippen LogP) is 1.13. The Labute approximate surface area is 86.0 Å². The minimum Gasteiger partial charge on any atom is -0.275 e. The third-order valence-electron chi connectivity index (χ3n) is 2.28. The van der Waals surface area contributed by atoms with E-state index in [0.29, 0.717) is 0 Å². The second-order valence-electron chi connectivity index (χ2n) is 3.38. The highest BCUT2D eigenvalue weighted by atomic mass is 15.2. The molecule has 0 bridgehead atoms. The van der Waals surface area contributed by atoms with Crippen molar-refractivity contribution in [3.63, 3.8) is 0 Å². The van der Waals surface area contributed by atoms with Crippen LogP contribution in [0.5, 0.6) is 0 Å². The van der Waals surface area contributed by atoms with E-state index in [2.05, 4.69) is 15.2 Å². The molecule has 0 atom stereocenters. The van der Waals surface area contributed by atoms with Gasteiger partial charge in [0.25, 0.3) is 0 Å². The van der Waals surface area contributed by atoms with Gasteiger partial charge >= 0.3 is 0 Å². The molecule has 0 fully saturated rings. The van der Waals surface area contributed by atoms with Crippen molar-refractivity contribution < 1.29 is 0 Å². The van der Waals surface area contributed by atoms with Crippen LogP contribution in [0.3, 0.4) is 0 Å². The van der Waals surface area contributed by atoms with Gasteiger partial charge < -0.3 is 0 Å². The lowest BCUT2D eigenvalue weighted by atomic mass is 10.2. The summed E-state index contributed by atoms with van der Waals surface area (Å²) in [5.41, 5.74) is 2.91. The van der Waals surface area contributed by atoms with E-state index < -0.39 is 0 Å². The Morgan fingerprint density at radius 2 is 1.93 bits per heavy atom. The zero-order valence-electron chi connectivity index (χ0n) is 8.20. The van der Waals surface area contributed by atoms with Crippen LogP contribution < -0.4 is 0 Å². The first kappa shape index (κ1) is 8.16. The molecular formula is C10H9N5. The fourth-order valence-corrected chi connectivity index (χ4v) is 1.53. The lowest BCUT2D eigenvalue weighted by Crippen LogP contribution is -1.90. The molecule has 0 aliphatic rings. The van der Waals surface area contributed by atoms with Gasteiger partial charge in [-0.2, -0.15) is 10.2 Å². The molecule has 0 unspecified atom stereocenters. The smallest absolute Gasteiger partial charge is 0.154 e. The van der Waals surface area contributed by atoms with Crippen LogP contribution in [0, 0.1) is 0 Å². The van der Waals surface area contributed by atoms with Gasteiger partial charge in [-0.25, -0.2) is 9.50 Å². The van der Waals surface area contributed by atoms with E-state index >= 15 is 0 Å². The first-order valence-electron chi connectivity index (χ1n) is 4.61. The summed E-state index contributed by atoms with van der Waals surface area (Å²) in [6, 6.07) is 1.87. The van der Waals surface area contributed by atoms with Gasteiger partial charge in [0, 0.05) is 42.8 Å². The molecule has 0 amide bonds. The minimum absolute atomic E-state index is 0.850. The van der Waals surface area contributed by atoms with E-state index in [1.165, 1.54) is 0 Å². The Morgan fingerprint density at radius 3 is 2.73 bits per heavy atom. The monoisotopic (exact) mass is 199 g/mol. The zero-order valence-corrected chi connectivity index (χ0v) is 8.20. The Hall–Kier alpha value is -2.17. The van der Waals surface area contributed by atoms with Crippen molar-refractivity contribution in [3.8, 4) is 11.1 Å². The molecule has 15 heavy (non-hydrogen) atoms. The molecule has 5 heteroatoms. The standard InChI is InChI=1S/C10H9N5/c1-14-6-9(5-13-14)8-4-11-10-2-3-12-15(10)7-8/h2-7H,1H3. The molecule has 0 saturated heterocycles. The van der Waals surface area contributed by atoms with Gasteiger partial charge in [-0.3, -0.25) is 4.68 Å². The van der Waals surface area contributed by atoms with Crippen LogP contribution in [-0.2, 0) is 7.05 Å². The third-order valence-corrected chi connectivity index (χ3v) is 2.28. The molecule has 0 aliphatic carbocycles. The van der Waals surface area contributed by atoms with Crippen molar-refractivity contribution in [2.24, 2.45) is 7.05 Å². The van der Waals surface area contributed by atoms with Crippen LogP contribution in [0.2, 0.25) is 0 Å². The third kappa shape index (κ3) is 1.28. The first-order valence-corrected chi connectivity index (χ1v) is 4.61. The predicted molar refractivity (Wildman–Crippen MR) is 55.2 cm³/mol. The average molecular weight is 199 g/mol. The minimum atomic E-state index is 0.850. The van der Waals surface area contributed by atoms with Gasteiger partial charge in [-0.15, -0.1) is 0 Å². The molecule has 0 aliphatic heterocycles. The van der Waals surface area contributed by atoms with E-state index in [1.54, 1.807) is 15.4 Å². The maximum Gasteiger partial charge on any atom is 0.154 e. The SMILES string of the molecule is Cn1cc(-c2cnc3ccnn3c2)cn1. The van der Waals surface area contributed by atoms with Crippen molar-refractivity contribution in [2.75, 3.05) is 0 Å². The van der Waals surface area contributed by atoms with Crippen molar-refractivity contribution in [1.29, 1.82) is 0 Å². The number of aromatic nitrogens is 5. The molecule has 3 aromatic rings. The summed E-state index contributed by atoms with van der Waals surface area (Å²) in [6.45, 7) is 0. The van der Waals surface area contributed by atoms with Crippen molar-refractivity contribution >= 4 is 5.65 Å². The Kier molecular flexibility index (Phi) is 1.58. The van der Waals surface area contributed by atoms with Crippen LogP contribution in [0.25, 0.3) is 16.8 Å². The van der Waals surface area contributed by atoms with Crippen molar-refractivity contribution in [2.45, 2.75) is 0 Å². The molecule has 5 nitrogen and oxygen atoms in total. The second-order valence-corrected chi connectivity index (χ2v) is 3.38. The summed E-state index contributed by atoms with van der Waals surface area (Å²) >= 11 is 0. The zero-order chi connectivity index (χ0) is 10.3. The summed E-state index contributed by atoms with van der Waals surface area (Å²) in [7, 11) is 1.89. The molecule has 0 radical (unpaired) electrons. The number of hydrogen-bond acceptors (Lipinski definition) is 3. The fraction of sp³-hybridized carbons (Fsp3) is 0.100. The molecule has 3 rings (SSSR count). The van der Waals surface area contributed by atoms with Crippen LogP contribution in [0.4, 0.5) is 0 Å². The van der Waals surface area contributed by atoms with E-state index in [0.717, 1.165) is 16.8 Å². The van der Waals surface area contributed by atoms with Gasteiger partial charge in [0.1, 0.15) is 0 Å². The molecule has 74 valence electrons. The lowest BCUT2D eigenvalue weighted by molar-refractivity contribution is 0.768. The van der Waals surface area contributed by atoms with E-state index in [-0.39, 0.29) is 0 Å². The van der Waals surface area contributed by atoms with Crippen LogP contribution >= 0.6 is 0 Å². The van der Waals surface area contributed by atoms with Crippen LogP contribution in [0.15, 0.2) is 37.1 Å². The van der Waals surface area contributed by atoms with Gasteiger partial charge in [0.15, 0.2) is 5.65 Å². The summed E-state index contributed by atoms with van der Waals surface area (Å²) in [4.78, 5) is 4.29. The number of fused-ring (bicyclic) bond motifs is 1. The summed E-state index contributed by atoms with van der Waals surface area (Å²) < 4.78 is 3.52. The quantitative estimate of drug-likeness (QED) is 0.590. The van der Waals surface area contributed by atoms with Crippen LogP contribution in [-0.4, -0.2) is 24.4 Å². The van der Waals surface area contributed by atoms with Gasteiger partial charge in [-0.1, -0.05) is 0 Å². The molecule has 0 aromatic carbocycles. The van der Waals surface area contributed by atoms with Crippen LogP contribution in [0.1, 0.15) is 0 Å². The average Bonchev–Trinajstić information content (AvgIpc) is 2.84. The number of aryl methyl sites for hydroxylation is 1. The molecule has 0 saturated carbocycles. The second kappa shape index (κ2) is 2.91. The molecule has 0 spiro atoms. The summed E-state index contributed by atoms with van der Waals surface area (Å²) in [5, 5.41) is 8.26. The molecule has 3 aromatic heterocycles. The highest BCUT2D eigenvalue weighted by Crippen LogP contribution is 2.16. The molecular weight excluding hydrogens is 190 g/mol. The van der Waals surface area contributed by atoms with Gasteiger partial charge in [0.2, 0.25) is 0 Å². The Morgan fingerprint density at radius 1 is 1.07 bits per heavy atom. The van der Waals surface area contributed by atoms with E-state index in [9.17, 15) is 0 Å². The van der Waals surface area contributed by atoms with Gasteiger partial charge in [-0.05, 0) is 0 Å². The number of nitrogens with zero attached hydrogens (tertiary/aromatic N) is 5. The summed E-state index contributed by atoms with van der Waals surface area (Å²) in [5.74, 6) is 0. The normalized spacial score (nSPS) is 11.0. The van der Waals surface area contributed by atoms with Gasteiger partial charge in [0.05, 0.1) is 12.4 Å². The largest absolute Gasteiger partial charge is 0.275 e. The number of hydrogen-bond donors (Lipinski definition) is 0. The highest BCUT2D eigenvalue weighted by Gasteiger charge is 2.02. The van der Waals surface area contributed by atoms with E-state index in [4.69, 9.17) is 0 Å². The molecule has 3 heterocycles. The maximum absolute atomic E-state index is 4.29. The highest BCUT2D eigenvalue weighted by molar-refractivity contribution is 5.60. The topological polar surface area (TPSA) is 48.0 Å². The Bertz CT molecular complexity index is 607. The fourth-order valence-electron chi connectivity index (χ4n) is 1.53. The summed E-state index contributed by atoms with van der Waals surface area (Å²) in [6.07, 6.45) is 9.27. The van der Waals surface area contributed by atoms with E-state index in [1.807, 2.05) is 37.9 Å². The lowest BCUT2D eigenvalue weighted by Gasteiger charge is -1.97. The molecule has 0 N–H and O–H groups in total. The van der Waals surface area contributed by atoms with Crippen molar-refractivity contribution in [1.82, 2.24) is 24.4 Å². The maximum atomic E-state index is 4.29. The number of rotatable bonds is 1. The first-order chi connectivity index (χ1) is 7.33.